The van der Waals surface area contributed by atoms with Crippen molar-refractivity contribution in [2.45, 2.75) is 44.9 Å². The average molecular weight is 223 g/mol. The van der Waals surface area contributed by atoms with Gasteiger partial charge >= 0.3 is 0 Å². The highest BCUT2D eigenvalue weighted by molar-refractivity contribution is 5.09. The first-order chi connectivity index (χ1) is 7.69. The van der Waals surface area contributed by atoms with Crippen LogP contribution in [0.1, 0.15) is 38.3 Å². The maximum absolute atomic E-state index is 5.54. The van der Waals surface area contributed by atoms with Gasteiger partial charge in [-0.1, -0.05) is 0 Å². The van der Waals surface area contributed by atoms with Gasteiger partial charge in [0.1, 0.15) is 0 Å². The molecule has 4 heteroatoms. The zero-order chi connectivity index (χ0) is 11.5. The maximum atomic E-state index is 5.54. The van der Waals surface area contributed by atoms with Gasteiger partial charge in [-0.15, -0.1) is 0 Å². The molecule has 16 heavy (non-hydrogen) atoms. The summed E-state index contributed by atoms with van der Waals surface area (Å²) < 4.78 is 7.39. The molecule has 1 unspecified atom stereocenters. The Hall–Kier alpha value is -0.870. The lowest BCUT2D eigenvalue weighted by Gasteiger charge is -2.37. The number of aromatic nitrogens is 2. The molecule has 0 aromatic carbocycles. The van der Waals surface area contributed by atoms with E-state index >= 15 is 0 Å². The van der Waals surface area contributed by atoms with Crippen molar-refractivity contribution in [2.24, 2.45) is 7.05 Å². The van der Waals surface area contributed by atoms with Crippen LogP contribution in [-0.2, 0) is 11.8 Å². The van der Waals surface area contributed by atoms with E-state index in [1.807, 2.05) is 17.9 Å². The van der Waals surface area contributed by atoms with Crippen molar-refractivity contribution < 1.29 is 4.74 Å². The van der Waals surface area contributed by atoms with E-state index in [-0.39, 0.29) is 0 Å². The summed E-state index contributed by atoms with van der Waals surface area (Å²) in [5.74, 6) is 0. The lowest BCUT2D eigenvalue weighted by molar-refractivity contribution is -0.0120. The lowest BCUT2D eigenvalue weighted by Crippen LogP contribution is -2.46. The Bertz CT molecular complexity index is 331. The molecule has 0 saturated heterocycles. The molecule has 2 rings (SSSR count). The highest BCUT2D eigenvalue weighted by atomic mass is 16.5. The molecule has 1 aliphatic carbocycles. The third-order valence-corrected chi connectivity index (χ3v) is 3.21. The smallest absolute Gasteiger partial charge is 0.0604 e. The van der Waals surface area contributed by atoms with E-state index in [1.54, 1.807) is 0 Å². The minimum absolute atomic E-state index is 0.376. The summed E-state index contributed by atoms with van der Waals surface area (Å²) in [6, 6.07) is 0.980. The molecule has 1 aromatic heterocycles. The Kier molecular flexibility index (Phi) is 3.61. The van der Waals surface area contributed by atoms with Crippen molar-refractivity contribution in [1.82, 2.24) is 15.1 Å². The Balaban J connectivity index is 1.75. The molecule has 4 nitrogen and oxygen atoms in total. The van der Waals surface area contributed by atoms with Gasteiger partial charge in [0.15, 0.2) is 0 Å². The van der Waals surface area contributed by atoms with E-state index in [9.17, 15) is 0 Å². The zero-order valence-electron chi connectivity index (χ0n) is 10.3. The van der Waals surface area contributed by atoms with E-state index in [1.165, 1.54) is 5.56 Å². The number of hydrogen-bond acceptors (Lipinski definition) is 3. The summed E-state index contributed by atoms with van der Waals surface area (Å²) in [7, 11) is 1.95. The van der Waals surface area contributed by atoms with Crippen LogP contribution in [0, 0.1) is 0 Å². The number of aryl methyl sites for hydroxylation is 1. The monoisotopic (exact) mass is 223 g/mol. The van der Waals surface area contributed by atoms with Crippen LogP contribution in [0.5, 0.6) is 0 Å². The zero-order valence-corrected chi connectivity index (χ0v) is 10.3. The normalized spacial score (nSPS) is 26.4. The van der Waals surface area contributed by atoms with Gasteiger partial charge in [0.25, 0.3) is 0 Å². The van der Waals surface area contributed by atoms with Crippen molar-refractivity contribution in [3.63, 3.8) is 0 Å². The van der Waals surface area contributed by atoms with Crippen molar-refractivity contribution >= 4 is 0 Å². The van der Waals surface area contributed by atoms with E-state index < -0.39 is 0 Å². The van der Waals surface area contributed by atoms with Gasteiger partial charge in [-0.05, 0) is 26.7 Å². The number of ether oxygens (including phenoxy) is 1. The molecular formula is C12H21N3O. The number of rotatable bonds is 5. The largest absolute Gasteiger partial charge is 0.378 e. The second-order valence-corrected chi connectivity index (χ2v) is 4.58. The third-order valence-electron chi connectivity index (χ3n) is 3.21. The number of nitrogens with one attached hydrogen (secondary N) is 1. The summed E-state index contributed by atoms with van der Waals surface area (Å²) in [4.78, 5) is 0. The average Bonchev–Trinajstić information content (AvgIpc) is 2.61. The van der Waals surface area contributed by atoms with Gasteiger partial charge < -0.3 is 10.1 Å². The Morgan fingerprint density at radius 3 is 2.94 bits per heavy atom. The van der Waals surface area contributed by atoms with E-state index in [4.69, 9.17) is 4.74 Å². The minimum atomic E-state index is 0.376. The summed E-state index contributed by atoms with van der Waals surface area (Å²) >= 11 is 0. The predicted molar refractivity (Wildman–Crippen MR) is 63.2 cm³/mol. The molecule has 1 aliphatic rings. The number of nitrogens with zero attached hydrogens (tertiary/aromatic N) is 2. The summed E-state index contributed by atoms with van der Waals surface area (Å²) in [6.07, 6.45) is 6.74. The van der Waals surface area contributed by atoms with Crippen molar-refractivity contribution in [1.29, 1.82) is 0 Å². The van der Waals surface area contributed by atoms with Crippen LogP contribution < -0.4 is 5.32 Å². The summed E-state index contributed by atoms with van der Waals surface area (Å²) in [5, 5.41) is 7.79. The molecule has 1 heterocycles. The third kappa shape index (κ3) is 2.62. The fourth-order valence-electron chi connectivity index (χ4n) is 2.19. The standard InChI is InChI=1S/C12H21N3O/c1-4-16-12-5-11(6-12)14-9(2)10-7-13-15(3)8-10/h7-9,11-12,14H,4-6H2,1-3H3. The van der Waals surface area contributed by atoms with Crippen LogP contribution in [0.15, 0.2) is 12.4 Å². The van der Waals surface area contributed by atoms with Crippen LogP contribution in [0.4, 0.5) is 0 Å². The Labute approximate surface area is 97.0 Å². The minimum Gasteiger partial charge on any atom is -0.378 e. The van der Waals surface area contributed by atoms with Crippen LogP contribution in [-0.4, -0.2) is 28.5 Å². The number of hydrogen-bond donors (Lipinski definition) is 1. The van der Waals surface area contributed by atoms with E-state index in [0.29, 0.717) is 18.2 Å². The molecule has 0 aliphatic heterocycles. The van der Waals surface area contributed by atoms with Crippen LogP contribution in [0.3, 0.4) is 0 Å². The fraction of sp³-hybridized carbons (Fsp3) is 0.750. The van der Waals surface area contributed by atoms with Gasteiger partial charge in [-0.2, -0.15) is 5.10 Å². The van der Waals surface area contributed by atoms with Gasteiger partial charge in [0, 0.05) is 37.5 Å². The quantitative estimate of drug-likeness (QED) is 0.824. The van der Waals surface area contributed by atoms with Gasteiger partial charge in [0.2, 0.25) is 0 Å². The molecule has 1 atom stereocenters. The molecule has 90 valence electrons. The second-order valence-electron chi connectivity index (χ2n) is 4.58. The van der Waals surface area contributed by atoms with Crippen molar-refractivity contribution in [3.05, 3.63) is 18.0 Å². The first-order valence-electron chi connectivity index (χ1n) is 6.05. The van der Waals surface area contributed by atoms with Crippen LogP contribution in [0.25, 0.3) is 0 Å². The molecule has 0 bridgehead atoms. The van der Waals surface area contributed by atoms with E-state index in [2.05, 4.69) is 30.5 Å². The molecule has 1 N–H and O–H groups in total. The Morgan fingerprint density at radius 1 is 1.62 bits per heavy atom. The van der Waals surface area contributed by atoms with Gasteiger partial charge in [-0.25, -0.2) is 0 Å². The second kappa shape index (κ2) is 4.97. The van der Waals surface area contributed by atoms with Gasteiger partial charge in [-0.3, -0.25) is 4.68 Å². The molecular weight excluding hydrogens is 202 g/mol. The summed E-state index contributed by atoms with van der Waals surface area (Å²) in [6.45, 7) is 5.07. The van der Waals surface area contributed by atoms with Crippen LogP contribution in [0.2, 0.25) is 0 Å². The first-order valence-corrected chi connectivity index (χ1v) is 6.05. The molecule has 1 saturated carbocycles. The molecule has 1 fully saturated rings. The van der Waals surface area contributed by atoms with Crippen molar-refractivity contribution in [2.75, 3.05) is 6.61 Å². The molecule has 0 radical (unpaired) electrons. The topological polar surface area (TPSA) is 39.1 Å². The summed E-state index contributed by atoms with van der Waals surface area (Å²) in [5.41, 5.74) is 1.25. The molecule has 1 aromatic rings. The SMILES string of the molecule is CCOC1CC(NC(C)c2cnn(C)c2)C1. The predicted octanol–water partition coefficient (Wildman–Crippen LogP) is 1.64. The highest BCUT2D eigenvalue weighted by Gasteiger charge is 2.30. The molecule has 0 spiro atoms. The lowest BCUT2D eigenvalue weighted by atomic mass is 9.88. The van der Waals surface area contributed by atoms with Crippen LogP contribution >= 0.6 is 0 Å². The Morgan fingerprint density at radius 2 is 2.38 bits per heavy atom. The maximum Gasteiger partial charge on any atom is 0.0604 e. The first kappa shape index (κ1) is 11.6. The van der Waals surface area contributed by atoms with Crippen molar-refractivity contribution in [3.8, 4) is 0 Å². The van der Waals surface area contributed by atoms with Gasteiger partial charge in [0.05, 0.1) is 12.3 Å². The van der Waals surface area contributed by atoms with E-state index in [0.717, 1.165) is 19.4 Å². The highest BCUT2D eigenvalue weighted by Crippen LogP contribution is 2.25. The fourth-order valence-corrected chi connectivity index (χ4v) is 2.19. The molecule has 0 amide bonds.